The molecule has 0 fully saturated rings. The third kappa shape index (κ3) is 2.00. The van der Waals surface area contributed by atoms with Crippen molar-refractivity contribution in [1.29, 1.82) is 0 Å². The summed E-state index contributed by atoms with van der Waals surface area (Å²) >= 11 is 9.60. The van der Waals surface area contributed by atoms with Gasteiger partial charge in [-0.1, -0.05) is 29.8 Å². The molecule has 1 aromatic carbocycles. The van der Waals surface area contributed by atoms with Gasteiger partial charge in [-0.3, -0.25) is 0 Å². The Morgan fingerprint density at radius 2 is 2.18 bits per heavy atom. The van der Waals surface area contributed by atoms with Crippen molar-refractivity contribution in [3.63, 3.8) is 0 Å². The highest BCUT2D eigenvalue weighted by Gasteiger charge is 2.26. The summed E-state index contributed by atoms with van der Waals surface area (Å²) < 4.78 is 2.63. The van der Waals surface area contributed by atoms with Crippen LogP contribution in [-0.2, 0) is 6.54 Å². The molecular weight excluding hydrogens is 302 g/mol. The maximum absolute atomic E-state index is 6.26. The van der Waals surface area contributed by atoms with Gasteiger partial charge in [0.2, 0.25) is 4.73 Å². The molecule has 1 aliphatic heterocycles. The number of benzene rings is 1. The van der Waals surface area contributed by atoms with E-state index in [4.69, 9.17) is 11.6 Å². The predicted octanol–water partition coefficient (Wildman–Crippen LogP) is 3.62. The Bertz CT molecular complexity index is 552. The Morgan fingerprint density at radius 3 is 3.00 bits per heavy atom. The molecule has 88 valence electrons. The van der Waals surface area contributed by atoms with E-state index in [1.807, 2.05) is 22.9 Å². The first-order chi connectivity index (χ1) is 8.25. The summed E-state index contributed by atoms with van der Waals surface area (Å²) in [5.74, 6) is 1.27. The summed E-state index contributed by atoms with van der Waals surface area (Å²) in [5.41, 5.74) is 1.15. The zero-order valence-electron chi connectivity index (χ0n) is 9.11. The number of aryl methyl sites for hydroxylation is 1. The second-order valence-corrected chi connectivity index (χ2v) is 5.29. The van der Waals surface area contributed by atoms with Crippen LogP contribution >= 0.6 is 27.5 Å². The van der Waals surface area contributed by atoms with Gasteiger partial charge in [0.05, 0.1) is 0 Å². The molecule has 17 heavy (non-hydrogen) atoms. The average Bonchev–Trinajstić information content (AvgIpc) is 2.70. The Morgan fingerprint density at radius 1 is 1.35 bits per heavy atom. The summed E-state index contributed by atoms with van der Waals surface area (Å²) in [5, 5.41) is 5.15. The Hall–Kier alpha value is -0.870. The van der Waals surface area contributed by atoms with Gasteiger partial charge in [0.15, 0.2) is 0 Å². The molecule has 1 aromatic heterocycles. The molecule has 0 radical (unpaired) electrons. The van der Waals surface area contributed by atoms with Crippen molar-refractivity contribution in [1.82, 2.24) is 14.8 Å². The van der Waals surface area contributed by atoms with Crippen LogP contribution < -0.4 is 0 Å². The first-order valence-corrected chi connectivity index (χ1v) is 6.77. The van der Waals surface area contributed by atoms with E-state index in [2.05, 4.69) is 32.1 Å². The normalized spacial score (nSPS) is 19.1. The van der Waals surface area contributed by atoms with Gasteiger partial charge in [-0.05, 0) is 40.4 Å². The summed E-state index contributed by atoms with van der Waals surface area (Å²) in [6, 6.07) is 7.98. The maximum Gasteiger partial charge on any atom is 0.217 e. The van der Waals surface area contributed by atoms with Crippen molar-refractivity contribution in [3.8, 4) is 0 Å². The number of nitrogens with zero attached hydrogens (tertiary/aromatic N) is 3. The van der Waals surface area contributed by atoms with E-state index in [0.717, 1.165) is 35.8 Å². The summed E-state index contributed by atoms with van der Waals surface area (Å²) in [6.45, 7) is 0.939. The summed E-state index contributed by atoms with van der Waals surface area (Å²) in [4.78, 5) is 4.46. The van der Waals surface area contributed by atoms with Crippen molar-refractivity contribution >= 4 is 27.5 Å². The number of hydrogen-bond donors (Lipinski definition) is 0. The van der Waals surface area contributed by atoms with E-state index in [-0.39, 0.29) is 5.92 Å². The van der Waals surface area contributed by atoms with Crippen LogP contribution in [0.3, 0.4) is 0 Å². The fourth-order valence-corrected chi connectivity index (χ4v) is 3.01. The minimum absolute atomic E-state index is 0.260. The number of fused-ring (bicyclic) bond motifs is 1. The molecule has 2 heterocycles. The molecule has 0 N–H and O–H groups in total. The van der Waals surface area contributed by atoms with E-state index in [1.165, 1.54) is 0 Å². The van der Waals surface area contributed by atoms with Gasteiger partial charge in [-0.2, -0.15) is 0 Å². The minimum atomic E-state index is 0.260. The Labute approximate surface area is 113 Å². The molecule has 5 heteroatoms. The zero-order valence-corrected chi connectivity index (χ0v) is 11.4. The van der Waals surface area contributed by atoms with Crippen LogP contribution in [0.4, 0.5) is 0 Å². The van der Waals surface area contributed by atoms with E-state index in [0.29, 0.717) is 4.73 Å². The highest BCUT2D eigenvalue weighted by molar-refractivity contribution is 9.10. The van der Waals surface area contributed by atoms with E-state index >= 15 is 0 Å². The smallest absolute Gasteiger partial charge is 0.217 e. The largest absolute Gasteiger partial charge is 0.248 e. The van der Waals surface area contributed by atoms with Gasteiger partial charge in [-0.25, -0.2) is 9.67 Å². The molecule has 0 saturated heterocycles. The lowest BCUT2D eigenvalue weighted by Crippen LogP contribution is -2.18. The number of halogens is 2. The van der Waals surface area contributed by atoms with Crippen molar-refractivity contribution in [2.24, 2.45) is 0 Å². The van der Waals surface area contributed by atoms with Gasteiger partial charge in [0.1, 0.15) is 5.82 Å². The molecule has 0 saturated carbocycles. The monoisotopic (exact) mass is 311 g/mol. The van der Waals surface area contributed by atoms with Crippen LogP contribution in [0.15, 0.2) is 29.0 Å². The number of hydrogen-bond acceptors (Lipinski definition) is 2. The van der Waals surface area contributed by atoms with E-state index in [1.54, 1.807) is 0 Å². The highest BCUT2D eigenvalue weighted by atomic mass is 79.9. The molecule has 0 spiro atoms. The maximum atomic E-state index is 6.26. The van der Waals surface area contributed by atoms with Gasteiger partial charge >= 0.3 is 0 Å². The molecule has 1 unspecified atom stereocenters. The molecule has 0 amide bonds. The lowest BCUT2D eigenvalue weighted by Gasteiger charge is -2.23. The number of rotatable bonds is 1. The molecule has 0 aliphatic carbocycles. The second kappa shape index (κ2) is 4.42. The van der Waals surface area contributed by atoms with Gasteiger partial charge in [0.25, 0.3) is 0 Å². The number of aromatic nitrogens is 3. The fourth-order valence-electron chi connectivity index (χ4n) is 2.37. The zero-order chi connectivity index (χ0) is 11.8. The fraction of sp³-hybridized carbons (Fsp3) is 0.333. The van der Waals surface area contributed by atoms with Crippen LogP contribution in [0.25, 0.3) is 0 Å². The van der Waals surface area contributed by atoms with Crippen LogP contribution in [0, 0.1) is 0 Å². The molecular formula is C12H11BrClN3. The third-order valence-electron chi connectivity index (χ3n) is 3.13. The van der Waals surface area contributed by atoms with Gasteiger partial charge in [-0.15, -0.1) is 5.10 Å². The topological polar surface area (TPSA) is 30.7 Å². The molecule has 1 aliphatic rings. The third-order valence-corrected chi connectivity index (χ3v) is 3.81. The molecule has 3 rings (SSSR count). The van der Waals surface area contributed by atoms with Crippen molar-refractivity contribution < 1.29 is 0 Å². The van der Waals surface area contributed by atoms with E-state index < -0.39 is 0 Å². The lowest BCUT2D eigenvalue weighted by molar-refractivity contribution is 0.445. The minimum Gasteiger partial charge on any atom is -0.248 e. The molecule has 1 atom stereocenters. The summed E-state index contributed by atoms with van der Waals surface area (Å²) in [6.07, 6.45) is 2.19. The summed E-state index contributed by atoms with van der Waals surface area (Å²) in [7, 11) is 0. The van der Waals surface area contributed by atoms with Crippen LogP contribution in [0.1, 0.15) is 30.1 Å². The van der Waals surface area contributed by atoms with E-state index in [9.17, 15) is 0 Å². The Balaban J connectivity index is 2.09. The SMILES string of the molecule is Clc1ccccc1C1CCCn2nc(Br)nc21. The van der Waals surface area contributed by atoms with Gasteiger partial charge in [0, 0.05) is 17.5 Å². The first-order valence-electron chi connectivity index (χ1n) is 5.60. The second-order valence-electron chi connectivity index (χ2n) is 4.18. The lowest BCUT2D eigenvalue weighted by atomic mass is 9.91. The molecule has 2 aromatic rings. The average molecular weight is 313 g/mol. The first kappa shape index (κ1) is 11.2. The molecule has 0 bridgehead atoms. The standard InChI is InChI=1S/C12H11BrClN3/c13-12-15-11-9(5-3-7-17(11)16-12)8-4-1-2-6-10(8)14/h1-2,4,6,9H,3,5,7H2. The van der Waals surface area contributed by atoms with Crippen LogP contribution in [0.5, 0.6) is 0 Å². The Kier molecular flexibility index (Phi) is 2.92. The predicted molar refractivity (Wildman–Crippen MR) is 70.3 cm³/mol. The van der Waals surface area contributed by atoms with Crippen molar-refractivity contribution in [3.05, 3.63) is 45.4 Å². The van der Waals surface area contributed by atoms with Crippen LogP contribution in [-0.4, -0.2) is 14.8 Å². The van der Waals surface area contributed by atoms with Gasteiger partial charge < -0.3 is 0 Å². The van der Waals surface area contributed by atoms with Crippen molar-refractivity contribution in [2.75, 3.05) is 0 Å². The quantitative estimate of drug-likeness (QED) is 0.805. The van der Waals surface area contributed by atoms with Crippen LogP contribution in [0.2, 0.25) is 5.02 Å². The van der Waals surface area contributed by atoms with Crippen molar-refractivity contribution in [2.45, 2.75) is 25.3 Å². The highest BCUT2D eigenvalue weighted by Crippen LogP contribution is 2.35. The molecule has 3 nitrogen and oxygen atoms in total.